The summed E-state index contributed by atoms with van der Waals surface area (Å²) in [6.07, 6.45) is 0. The number of hydrogen-bond donors (Lipinski definition) is 1. The smallest absolute Gasteiger partial charge is 0.249 e. The number of aryl methyl sites for hydroxylation is 2. The maximum absolute atomic E-state index is 12.2. The zero-order chi connectivity index (χ0) is 16.0. The molecule has 23 heavy (non-hydrogen) atoms. The topological polar surface area (TPSA) is 58.6 Å². The molecule has 0 atom stereocenters. The van der Waals surface area contributed by atoms with Gasteiger partial charge in [-0.3, -0.25) is 4.79 Å². The third-order valence-electron chi connectivity index (χ3n) is 4.14. The zero-order valence-corrected chi connectivity index (χ0v) is 12.9. The summed E-state index contributed by atoms with van der Waals surface area (Å²) in [7, 11) is 0. The number of nitrogens with zero attached hydrogens (tertiary/aromatic N) is 2. The zero-order valence-electron chi connectivity index (χ0n) is 12.9. The Labute approximate surface area is 132 Å². The molecule has 0 fully saturated rings. The molecule has 0 saturated carbocycles. The molecule has 0 radical (unpaired) electrons. The highest BCUT2D eigenvalue weighted by atomic mass is 16.1. The van der Waals surface area contributed by atoms with Crippen molar-refractivity contribution in [3.8, 4) is 11.1 Å². The van der Waals surface area contributed by atoms with E-state index in [-0.39, 0.29) is 5.56 Å². The number of benzene rings is 2. The van der Waals surface area contributed by atoms with E-state index in [1.165, 1.54) is 5.56 Å². The lowest BCUT2D eigenvalue weighted by Gasteiger charge is -2.08. The normalized spacial score (nSPS) is 11.2. The van der Waals surface area contributed by atoms with E-state index < -0.39 is 0 Å². The average Bonchev–Trinajstić information content (AvgIpc) is 2.55. The van der Waals surface area contributed by atoms with Crippen molar-refractivity contribution in [2.24, 2.45) is 0 Å². The molecule has 0 amide bonds. The minimum absolute atomic E-state index is 0.135. The van der Waals surface area contributed by atoms with Gasteiger partial charge >= 0.3 is 0 Å². The molecule has 4 nitrogen and oxygen atoms in total. The highest BCUT2D eigenvalue weighted by Crippen LogP contribution is 2.28. The van der Waals surface area contributed by atoms with Crippen LogP contribution in [0.4, 0.5) is 0 Å². The van der Waals surface area contributed by atoms with Gasteiger partial charge in [0.05, 0.1) is 11.0 Å². The van der Waals surface area contributed by atoms with Crippen molar-refractivity contribution in [2.45, 2.75) is 13.8 Å². The Morgan fingerprint density at radius 2 is 1.65 bits per heavy atom. The molecule has 0 aliphatic carbocycles. The maximum atomic E-state index is 12.2. The second-order valence-corrected chi connectivity index (χ2v) is 5.81. The molecule has 0 unspecified atom stereocenters. The first-order valence-electron chi connectivity index (χ1n) is 7.49. The third-order valence-corrected chi connectivity index (χ3v) is 4.14. The van der Waals surface area contributed by atoms with Gasteiger partial charge in [-0.05, 0) is 25.0 Å². The van der Waals surface area contributed by atoms with Crippen molar-refractivity contribution in [3.05, 3.63) is 70.0 Å². The summed E-state index contributed by atoms with van der Waals surface area (Å²) in [5.74, 6) is 0. The largest absolute Gasteiger partial charge is 0.320 e. The molecule has 0 bridgehead atoms. The highest BCUT2D eigenvalue weighted by molar-refractivity contribution is 6.06. The van der Waals surface area contributed by atoms with Crippen molar-refractivity contribution in [1.29, 1.82) is 0 Å². The van der Waals surface area contributed by atoms with Gasteiger partial charge in [0, 0.05) is 17.0 Å². The van der Waals surface area contributed by atoms with E-state index in [0.29, 0.717) is 5.52 Å². The standard InChI is InChI=1S/C19H15N3O/c1-11-6-8-13(9-7-11)15-10-16(23)20-18-14-5-3-4-12(2)17(14)21-22-19(15)18/h3-10H,1-2H3,(H,20,23). The number of aromatic nitrogens is 3. The molecule has 0 saturated heterocycles. The number of fused-ring (bicyclic) bond motifs is 3. The second kappa shape index (κ2) is 5.02. The van der Waals surface area contributed by atoms with Gasteiger partial charge in [-0.1, -0.05) is 48.0 Å². The fourth-order valence-corrected chi connectivity index (χ4v) is 2.90. The van der Waals surface area contributed by atoms with Crippen molar-refractivity contribution in [3.63, 3.8) is 0 Å². The van der Waals surface area contributed by atoms with Gasteiger partial charge in [0.2, 0.25) is 5.56 Å². The van der Waals surface area contributed by atoms with Crippen LogP contribution in [0.5, 0.6) is 0 Å². The summed E-state index contributed by atoms with van der Waals surface area (Å²) >= 11 is 0. The fourth-order valence-electron chi connectivity index (χ4n) is 2.90. The van der Waals surface area contributed by atoms with E-state index in [4.69, 9.17) is 0 Å². The number of nitrogens with one attached hydrogen (secondary N) is 1. The molecule has 0 spiro atoms. The van der Waals surface area contributed by atoms with Gasteiger partial charge in [0.25, 0.3) is 0 Å². The Morgan fingerprint density at radius 1 is 0.913 bits per heavy atom. The van der Waals surface area contributed by atoms with Crippen LogP contribution in [0.15, 0.2) is 53.3 Å². The Balaban J connectivity index is 2.14. The second-order valence-electron chi connectivity index (χ2n) is 5.81. The first kappa shape index (κ1) is 13.6. The Bertz CT molecular complexity index is 1100. The van der Waals surface area contributed by atoms with E-state index in [1.807, 2.05) is 56.3 Å². The van der Waals surface area contributed by atoms with Gasteiger partial charge in [-0.2, -0.15) is 0 Å². The van der Waals surface area contributed by atoms with Crippen LogP contribution in [0.1, 0.15) is 11.1 Å². The molecule has 1 N–H and O–H groups in total. The first-order valence-corrected chi connectivity index (χ1v) is 7.49. The van der Waals surface area contributed by atoms with Gasteiger partial charge in [-0.25, -0.2) is 0 Å². The monoisotopic (exact) mass is 301 g/mol. The van der Waals surface area contributed by atoms with E-state index in [1.54, 1.807) is 6.07 Å². The molecule has 2 heterocycles. The Kier molecular flexibility index (Phi) is 2.98. The van der Waals surface area contributed by atoms with Crippen LogP contribution in [-0.2, 0) is 0 Å². The summed E-state index contributed by atoms with van der Waals surface area (Å²) < 4.78 is 0. The van der Waals surface area contributed by atoms with E-state index in [2.05, 4.69) is 15.2 Å². The molecule has 2 aromatic heterocycles. The SMILES string of the molecule is Cc1ccc(-c2cc(=O)[nH]c3c2nnc2c(C)cccc23)cc1. The number of aromatic amines is 1. The Morgan fingerprint density at radius 3 is 2.43 bits per heavy atom. The predicted molar refractivity (Wildman–Crippen MR) is 92.6 cm³/mol. The maximum Gasteiger partial charge on any atom is 0.249 e. The van der Waals surface area contributed by atoms with Gasteiger partial charge in [0.1, 0.15) is 5.52 Å². The van der Waals surface area contributed by atoms with Crippen LogP contribution in [0.2, 0.25) is 0 Å². The molecular weight excluding hydrogens is 286 g/mol. The van der Waals surface area contributed by atoms with E-state index in [0.717, 1.165) is 33.1 Å². The number of H-pyrrole nitrogens is 1. The van der Waals surface area contributed by atoms with Gasteiger partial charge < -0.3 is 4.98 Å². The van der Waals surface area contributed by atoms with Crippen LogP contribution >= 0.6 is 0 Å². The van der Waals surface area contributed by atoms with Crippen LogP contribution in [0.3, 0.4) is 0 Å². The summed E-state index contributed by atoms with van der Waals surface area (Å²) in [6.45, 7) is 4.03. The molecule has 112 valence electrons. The lowest BCUT2D eigenvalue weighted by Crippen LogP contribution is -2.07. The predicted octanol–water partition coefficient (Wildman–Crippen LogP) is 3.76. The number of pyridine rings is 1. The molecule has 4 rings (SSSR count). The minimum Gasteiger partial charge on any atom is -0.320 e. The number of hydrogen-bond acceptors (Lipinski definition) is 3. The first-order chi connectivity index (χ1) is 11.1. The number of rotatable bonds is 1. The van der Waals surface area contributed by atoms with E-state index in [9.17, 15) is 4.79 Å². The van der Waals surface area contributed by atoms with Crippen LogP contribution < -0.4 is 5.56 Å². The summed E-state index contributed by atoms with van der Waals surface area (Å²) in [5.41, 5.74) is 6.12. The van der Waals surface area contributed by atoms with Crippen molar-refractivity contribution < 1.29 is 0 Å². The Hall–Kier alpha value is -3.01. The summed E-state index contributed by atoms with van der Waals surface area (Å²) in [4.78, 5) is 15.1. The molecule has 0 aliphatic heterocycles. The molecular formula is C19H15N3O. The van der Waals surface area contributed by atoms with Crippen molar-refractivity contribution >= 4 is 21.9 Å². The van der Waals surface area contributed by atoms with Crippen LogP contribution in [0.25, 0.3) is 33.1 Å². The summed E-state index contributed by atoms with van der Waals surface area (Å²) in [6, 6.07) is 15.6. The lowest BCUT2D eigenvalue weighted by atomic mass is 10.0. The molecule has 2 aromatic carbocycles. The van der Waals surface area contributed by atoms with Crippen molar-refractivity contribution in [2.75, 3.05) is 0 Å². The quantitative estimate of drug-likeness (QED) is 0.545. The molecule has 0 aliphatic rings. The summed E-state index contributed by atoms with van der Waals surface area (Å²) in [5, 5.41) is 9.68. The highest BCUT2D eigenvalue weighted by Gasteiger charge is 2.12. The van der Waals surface area contributed by atoms with Crippen LogP contribution in [0, 0.1) is 13.8 Å². The fraction of sp³-hybridized carbons (Fsp3) is 0.105. The minimum atomic E-state index is -0.135. The molecule has 4 heteroatoms. The van der Waals surface area contributed by atoms with Crippen LogP contribution in [-0.4, -0.2) is 15.2 Å². The lowest BCUT2D eigenvalue weighted by molar-refractivity contribution is 1.10. The molecule has 4 aromatic rings. The van der Waals surface area contributed by atoms with E-state index >= 15 is 0 Å². The van der Waals surface area contributed by atoms with Gasteiger partial charge in [-0.15, -0.1) is 10.2 Å². The average molecular weight is 301 g/mol. The van der Waals surface area contributed by atoms with Gasteiger partial charge in [0.15, 0.2) is 0 Å². The van der Waals surface area contributed by atoms with Crippen molar-refractivity contribution in [1.82, 2.24) is 15.2 Å². The third kappa shape index (κ3) is 2.19.